The lowest BCUT2D eigenvalue weighted by molar-refractivity contribution is -0.332. The van der Waals surface area contributed by atoms with Crippen LogP contribution in [0, 0.1) is 0 Å². The van der Waals surface area contributed by atoms with E-state index in [1.807, 2.05) is 0 Å². The predicted octanol–water partition coefficient (Wildman–Crippen LogP) is 3.95. The second-order valence-corrected chi connectivity index (χ2v) is 15.2. The van der Waals surface area contributed by atoms with Gasteiger partial charge in [0.15, 0.2) is 12.6 Å². The number of carbonyl (C=O) groups excluding carboxylic acids is 1. The first-order valence-corrected chi connectivity index (χ1v) is 21.3. The van der Waals surface area contributed by atoms with Gasteiger partial charge in [0.25, 0.3) is 0 Å². The highest BCUT2D eigenvalue weighted by Gasteiger charge is 2.47. The highest BCUT2D eigenvalue weighted by molar-refractivity contribution is 5.69. The average Bonchev–Trinajstić information content (AvgIpc) is 3.18. The highest BCUT2D eigenvalue weighted by atomic mass is 16.7. The molecule has 0 radical (unpaired) electrons. The Morgan fingerprint density at radius 3 is 1.69 bits per heavy atom. The Morgan fingerprint density at radius 2 is 1.07 bits per heavy atom. The molecule has 0 bridgehead atoms. The van der Waals surface area contributed by atoms with Crippen molar-refractivity contribution in [3.8, 4) is 0 Å². The van der Waals surface area contributed by atoms with Crippen LogP contribution in [0.5, 0.6) is 0 Å². The summed E-state index contributed by atoms with van der Waals surface area (Å²) in [6, 6.07) is 0. The number of unbranched alkanes of at least 4 members (excludes halogenated alkanes) is 16. The molecular weight excluding hydrogens is 716 g/mol. The second kappa shape index (κ2) is 30.8. The van der Waals surface area contributed by atoms with E-state index in [0.717, 1.165) is 44.9 Å². The lowest BCUT2D eigenvalue weighted by Crippen LogP contribution is -2.61. The van der Waals surface area contributed by atoms with E-state index < -0.39 is 80.7 Å². The first-order chi connectivity index (χ1) is 26.6. The van der Waals surface area contributed by atoms with Crippen molar-refractivity contribution < 1.29 is 69.0 Å². The maximum atomic E-state index is 12.8. The first-order valence-electron chi connectivity index (χ1n) is 21.3. The van der Waals surface area contributed by atoms with Crippen molar-refractivity contribution in [2.45, 2.75) is 210 Å². The summed E-state index contributed by atoms with van der Waals surface area (Å²) in [5.41, 5.74) is 0. The second-order valence-electron chi connectivity index (χ2n) is 15.2. The molecule has 0 amide bonds. The topological polar surface area (TPSA) is 214 Å². The van der Waals surface area contributed by atoms with Gasteiger partial charge in [0.2, 0.25) is 0 Å². The molecule has 0 spiro atoms. The van der Waals surface area contributed by atoms with Gasteiger partial charge in [0.1, 0.15) is 54.9 Å². The fourth-order valence-corrected chi connectivity index (χ4v) is 6.69. The van der Waals surface area contributed by atoms with Gasteiger partial charge in [-0.25, -0.2) is 0 Å². The van der Waals surface area contributed by atoms with E-state index in [-0.39, 0.29) is 25.6 Å². The number of hydrogen-bond donors (Lipinski definition) is 7. The fraction of sp³-hybridized carbons (Fsp3) is 0.927. The molecule has 324 valence electrons. The molecule has 11 unspecified atom stereocenters. The standard InChI is InChI=1S/C41H76O14/c1-3-5-7-9-11-13-14-15-16-17-19-21-23-25-50-27-30(53-33(43)24-22-20-18-12-10-8-6-4-2)28-51-40-39(49)37(47)35(45)32(55-40)29-52-41-38(48)36(46)34(44)31(26-42)54-41/h11,13,30-32,34-42,44-49H,3-10,12,14-29H2,1-2H3/b13-11-. The molecule has 7 N–H and O–H groups in total. The van der Waals surface area contributed by atoms with Crippen LogP contribution in [-0.2, 0) is 33.2 Å². The number of hydrogen-bond acceptors (Lipinski definition) is 14. The number of esters is 1. The summed E-state index contributed by atoms with van der Waals surface area (Å²) in [5.74, 6) is -0.384. The summed E-state index contributed by atoms with van der Waals surface area (Å²) in [7, 11) is 0. The van der Waals surface area contributed by atoms with Crippen LogP contribution >= 0.6 is 0 Å². The molecular formula is C41H76O14. The fourth-order valence-electron chi connectivity index (χ4n) is 6.69. The molecule has 2 aliphatic rings. The third kappa shape index (κ3) is 20.3. The molecule has 2 aliphatic heterocycles. The predicted molar refractivity (Wildman–Crippen MR) is 206 cm³/mol. The zero-order valence-electron chi connectivity index (χ0n) is 33.7. The molecule has 0 aromatic carbocycles. The minimum atomic E-state index is -1.70. The maximum Gasteiger partial charge on any atom is 0.306 e. The monoisotopic (exact) mass is 793 g/mol. The maximum absolute atomic E-state index is 12.8. The molecule has 0 aliphatic carbocycles. The summed E-state index contributed by atoms with van der Waals surface area (Å²) in [6.07, 6.45) is 10.2. The van der Waals surface area contributed by atoms with Gasteiger partial charge in [-0.2, -0.15) is 0 Å². The third-order valence-corrected chi connectivity index (χ3v) is 10.3. The molecule has 2 rings (SSSR count). The Kier molecular flexibility index (Phi) is 27.9. The molecule has 0 saturated carbocycles. The Balaban J connectivity index is 1.83. The Labute approximate surface area is 329 Å². The minimum absolute atomic E-state index is 0.0609. The highest BCUT2D eigenvalue weighted by Crippen LogP contribution is 2.26. The van der Waals surface area contributed by atoms with Gasteiger partial charge in [-0.3, -0.25) is 4.79 Å². The molecule has 14 heteroatoms. The van der Waals surface area contributed by atoms with E-state index in [0.29, 0.717) is 13.0 Å². The van der Waals surface area contributed by atoms with E-state index >= 15 is 0 Å². The Bertz CT molecular complexity index is 969. The summed E-state index contributed by atoms with van der Waals surface area (Å²) >= 11 is 0. The van der Waals surface area contributed by atoms with Crippen molar-refractivity contribution >= 4 is 5.97 Å². The van der Waals surface area contributed by atoms with Crippen molar-refractivity contribution in [3.05, 3.63) is 12.2 Å². The lowest BCUT2D eigenvalue weighted by Gasteiger charge is -2.42. The van der Waals surface area contributed by atoms with Gasteiger partial charge in [0, 0.05) is 13.0 Å². The van der Waals surface area contributed by atoms with Crippen LogP contribution in [-0.4, -0.2) is 142 Å². The quantitative estimate of drug-likeness (QED) is 0.0292. The summed E-state index contributed by atoms with van der Waals surface area (Å²) < 4.78 is 34.0. The average molecular weight is 793 g/mol. The van der Waals surface area contributed by atoms with Crippen molar-refractivity contribution in [1.29, 1.82) is 0 Å². The number of ether oxygens (including phenoxy) is 6. The summed E-state index contributed by atoms with van der Waals surface area (Å²) in [5, 5.41) is 71.7. The minimum Gasteiger partial charge on any atom is -0.457 e. The SMILES string of the molecule is CCCCC/C=C\CCCCCCCCOCC(COC1OC(COC2OC(CO)C(O)C(O)C2O)C(O)C(O)C1O)OC(=O)CCCCCCCCCC. The van der Waals surface area contributed by atoms with Gasteiger partial charge in [-0.15, -0.1) is 0 Å². The Morgan fingerprint density at radius 1 is 0.582 bits per heavy atom. The zero-order valence-corrected chi connectivity index (χ0v) is 33.7. The normalized spacial score (nSPS) is 29.2. The molecule has 55 heavy (non-hydrogen) atoms. The number of rotatable bonds is 32. The number of aliphatic hydroxyl groups is 7. The van der Waals surface area contributed by atoms with Gasteiger partial charge < -0.3 is 64.2 Å². The number of allylic oxidation sites excluding steroid dienone is 2. The first kappa shape index (κ1) is 49.9. The van der Waals surface area contributed by atoms with Crippen LogP contribution in [0.15, 0.2) is 12.2 Å². The summed E-state index contributed by atoms with van der Waals surface area (Å²) in [4.78, 5) is 12.8. The van der Waals surface area contributed by atoms with Crippen LogP contribution in [0.3, 0.4) is 0 Å². The van der Waals surface area contributed by atoms with E-state index in [1.54, 1.807) is 0 Å². The van der Waals surface area contributed by atoms with Crippen LogP contribution < -0.4 is 0 Å². The molecule has 2 fully saturated rings. The smallest absolute Gasteiger partial charge is 0.306 e. The van der Waals surface area contributed by atoms with E-state index in [2.05, 4.69) is 26.0 Å². The Hall–Kier alpha value is -1.27. The molecule has 14 nitrogen and oxygen atoms in total. The lowest BCUT2D eigenvalue weighted by atomic mass is 9.98. The van der Waals surface area contributed by atoms with Crippen LogP contribution in [0.4, 0.5) is 0 Å². The van der Waals surface area contributed by atoms with Gasteiger partial charge in [0.05, 0.1) is 26.4 Å². The molecule has 0 aromatic rings. The number of aliphatic hydroxyl groups excluding tert-OH is 7. The largest absolute Gasteiger partial charge is 0.457 e. The van der Waals surface area contributed by atoms with Crippen molar-refractivity contribution in [1.82, 2.24) is 0 Å². The van der Waals surface area contributed by atoms with Gasteiger partial charge >= 0.3 is 5.97 Å². The van der Waals surface area contributed by atoms with Gasteiger partial charge in [-0.05, 0) is 38.5 Å². The van der Waals surface area contributed by atoms with Crippen molar-refractivity contribution in [2.75, 3.05) is 33.0 Å². The zero-order chi connectivity index (χ0) is 40.3. The number of carbonyl (C=O) groups is 1. The molecule has 0 aromatic heterocycles. The van der Waals surface area contributed by atoms with E-state index in [1.165, 1.54) is 70.6 Å². The van der Waals surface area contributed by atoms with Crippen molar-refractivity contribution in [2.24, 2.45) is 0 Å². The van der Waals surface area contributed by atoms with E-state index in [9.17, 15) is 40.5 Å². The van der Waals surface area contributed by atoms with Crippen molar-refractivity contribution in [3.63, 3.8) is 0 Å². The molecule has 11 atom stereocenters. The third-order valence-electron chi connectivity index (χ3n) is 10.3. The van der Waals surface area contributed by atoms with Crippen LogP contribution in [0.2, 0.25) is 0 Å². The molecule has 2 heterocycles. The molecule has 2 saturated heterocycles. The van der Waals surface area contributed by atoms with Crippen LogP contribution in [0.25, 0.3) is 0 Å². The van der Waals surface area contributed by atoms with Gasteiger partial charge in [-0.1, -0.05) is 109 Å². The summed E-state index contributed by atoms with van der Waals surface area (Å²) in [6.45, 7) is 3.60. The van der Waals surface area contributed by atoms with E-state index in [4.69, 9.17) is 28.4 Å². The van der Waals surface area contributed by atoms with Crippen LogP contribution in [0.1, 0.15) is 142 Å².